The first-order chi connectivity index (χ1) is 25.6. The predicted octanol–water partition coefficient (Wildman–Crippen LogP) is 7.71. The van der Waals surface area contributed by atoms with Gasteiger partial charge in [-0.15, -0.1) is 0 Å². The number of phosphoric acid groups is 2. The van der Waals surface area contributed by atoms with Crippen molar-refractivity contribution in [2.75, 3.05) is 26.4 Å². The van der Waals surface area contributed by atoms with Crippen molar-refractivity contribution in [2.45, 2.75) is 135 Å². The van der Waals surface area contributed by atoms with Crippen molar-refractivity contribution in [3.63, 3.8) is 0 Å². The van der Waals surface area contributed by atoms with Gasteiger partial charge in [0.25, 0.3) is 0 Å². The molecule has 2 unspecified atom stereocenters. The van der Waals surface area contributed by atoms with Crippen molar-refractivity contribution in [3.8, 4) is 0 Å². The van der Waals surface area contributed by atoms with Crippen LogP contribution in [0.2, 0.25) is 0 Å². The molecule has 0 aromatic rings. The summed E-state index contributed by atoms with van der Waals surface area (Å²) in [5.74, 6) is -0.474. The second-order valence-corrected chi connectivity index (χ2v) is 15.8. The molecule has 14 nitrogen and oxygen atoms in total. The summed E-state index contributed by atoms with van der Waals surface area (Å²) in [6, 6.07) is 0. The van der Waals surface area contributed by atoms with E-state index in [9.17, 15) is 33.8 Å². The van der Waals surface area contributed by atoms with E-state index in [2.05, 4.69) is 42.0 Å². The number of phosphoric ester groups is 2. The first kappa shape index (κ1) is 51.8. The van der Waals surface area contributed by atoms with Crippen molar-refractivity contribution in [2.24, 2.45) is 5.92 Å². The maximum atomic E-state index is 12.5. The van der Waals surface area contributed by atoms with Crippen LogP contribution in [-0.2, 0) is 41.8 Å². The van der Waals surface area contributed by atoms with E-state index >= 15 is 0 Å². The molecule has 0 radical (unpaired) electrons. The highest BCUT2D eigenvalue weighted by molar-refractivity contribution is 7.47. The lowest BCUT2D eigenvalue weighted by Gasteiger charge is -2.20. The average Bonchev–Trinajstić information content (AvgIpc) is 3.10. The van der Waals surface area contributed by atoms with Crippen molar-refractivity contribution < 1.29 is 66.7 Å². The smallest absolute Gasteiger partial charge is 0.462 e. The highest BCUT2D eigenvalue weighted by Crippen LogP contribution is 2.43. The second-order valence-electron chi connectivity index (χ2n) is 13.2. The molecule has 0 saturated carbocycles. The number of aliphatic hydroxyl groups is 2. The van der Waals surface area contributed by atoms with Crippen molar-refractivity contribution >= 4 is 27.6 Å². The van der Waals surface area contributed by atoms with E-state index in [4.69, 9.17) is 23.8 Å². The van der Waals surface area contributed by atoms with Crippen LogP contribution in [0.15, 0.2) is 60.8 Å². The molecule has 0 aliphatic heterocycles. The largest absolute Gasteiger partial charge is 0.472 e. The average molecular weight is 809 g/mol. The quantitative estimate of drug-likeness (QED) is 0.0138. The van der Waals surface area contributed by atoms with Crippen molar-refractivity contribution in [1.29, 1.82) is 0 Å². The number of esters is 2. The third kappa shape index (κ3) is 36.7. The summed E-state index contributed by atoms with van der Waals surface area (Å²) in [4.78, 5) is 52.3. The van der Waals surface area contributed by atoms with Gasteiger partial charge in [0, 0.05) is 12.8 Å². The summed E-state index contributed by atoms with van der Waals surface area (Å²) in [7, 11) is -9.70. The van der Waals surface area contributed by atoms with E-state index in [0.717, 1.165) is 38.5 Å². The van der Waals surface area contributed by atoms with E-state index < -0.39 is 72.3 Å². The Morgan fingerprint density at radius 3 is 1.98 bits per heavy atom. The normalized spacial score (nSPS) is 15.6. The highest BCUT2D eigenvalue weighted by atomic mass is 31.2. The molecule has 4 atom stereocenters. The predicted molar refractivity (Wildman–Crippen MR) is 208 cm³/mol. The van der Waals surface area contributed by atoms with E-state index in [-0.39, 0.29) is 12.8 Å². The summed E-state index contributed by atoms with van der Waals surface area (Å²) in [5, 5.41) is 19.7. The van der Waals surface area contributed by atoms with Crippen LogP contribution in [-0.4, -0.2) is 81.6 Å². The van der Waals surface area contributed by atoms with Crippen LogP contribution < -0.4 is 0 Å². The number of rotatable bonds is 34. The van der Waals surface area contributed by atoms with Gasteiger partial charge in [-0.25, -0.2) is 9.13 Å². The summed E-state index contributed by atoms with van der Waals surface area (Å²) < 4.78 is 47.4. The van der Waals surface area contributed by atoms with Crippen LogP contribution in [0.5, 0.6) is 0 Å². The zero-order valence-electron chi connectivity index (χ0n) is 32.3. The fourth-order valence-electron chi connectivity index (χ4n) is 4.53. The number of allylic oxidation sites excluding steroid dienone is 8. The van der Waals surface area contributed by atoms with Gasteiger partial charge >= 0.3 is 27.6 Å². The molecule has 0 aliphatic rings. The Hall–Kier alpha value is -2.22. The van der Waals surface area contributed by atoms with Crippen LogP contribution in [0, 0.1) is 5.92 Å². The van der Waals surface area contributed by atoms with Crippen LogP contribution in [0.25, 0.3) is 0 Å². The maximum absolute atomic E-state index is 12.5. The van der Waals surface area contributed by atoms with Crippen molar-refractivity contribution in [3.05, 3.63) is 60.8 Å². The molecule has 0 aromatic heterocycles. The SMILES string of the molecule is CC/C=C\C/C=C\CC(O)/C=C/C=C\C/C=C\CCCC(=O)OC[C@H](COP(=O)(O)OC[C@@H](O)COP(=O)(O)O)OC(=O)CCCCCCCCC(C)C. The van der Waals surface area contributed by atoms with Crippen LogP contribution in [0.4, 0.5) is 0 Å². The number of carbonyl (C=O) groups is 2. The molecular formula is C38H66O14P2. The van der Waals surface area contributed by atoms with Gasteiger partial charge in [0.15, 0.2) is 6.10 Å². The van der Waals surface area contributed by atoms with Gasteiger partial charge < -0.3 is 34.4 Å². The zero-order valence-corrected chi connectivity index (χ0v) is 34.1. The van der Waals surface area contributed by atoms with Crippen molar-refractivity contribution in [1.82, 2.24) is 0 Å². The van der Waals surface area contributed by atoms with Gasteiger partial charge in [-0.1, -0.05) is 120 Å². The molecule has 0 rings (SSSR count). The lowest BCUT2D eigenvalue weighted by Crippen LogP contribution is -2.30. The van der Waals surface area contributed by atoms with Crippen LogP contribution in [0.1, 0.15) is 117 Å². The summed E-state index contributed by atoms with van der Waals surface area (Å²) >= 11 is 0. The Balaban J connectivity index is 4.71. The fourth-order valence-corrected chi connectivity index (χ4v) is 5.69. The molecule has 0 saturated heterocycles. The topological polar surface area (TPSA) is 216 Å². The third-order valence-electron chi connectivity index (χ3n) is 7.42. The fraction of sp³-hybridized carbons (Fsp3) is 0.684. The molecule has 0 amide bonds. The lowest BCUT2D eigenvalue weighted by atomic mass is 10.0. The third-order valence-corrected chi connectivity index (χ3v) is 8.86. The second kappa shape index (κ2) is 33.0. The minimum atomic E-state index is -4.87. The number of carbonyl (C=O) groups excluding carboxylic acids is 2. The number of hydrogen-bond donors (Lipinski definition) is 5. The molecule has 0 heterocycles. The molecule has 54 heavy (non-hydrogen) atoms. The highest BCUT2D eigenvalue weighted by Gasteiger charge is 2.28. The van der Waals surface area contributed by atoms with Gasteiger partial charge in [-0.05, 0) is 50.9 Å². The van der Waals surface area contributed by atoms with E-state index in [0.29, 0.717) is 38.0 Å². The van der Waals surface area contributed by atoms with Gasteiger partial charge in [0.1, 0.15) is 12.7 Å². The lowest BCUT2D eigenvalue weighted by molar-refractivity contribution is -0.161. The van der Waals surface area contributed by atoms with E-state index in [1.165, 1.54) is 12.8 Å². The summed E-state index contributed by atoms with van der Waals surface area (Å²) in [6.07, 6.45) is 27.4. The first-order valence-corrected chi connectivity index (χ1v) is 22.0. The van der Waals surface area contributed by atoms with Gasteiger partial charge in [0.05, 0.1) is 25.9 Å². The summed E-state index contributed by atoms with van der Waals surface area (Å²) in [5.41, 5.74) is 0. The van der Waals surface area contributed by atoms with E-state index in [1.807, 2.05) is 36.5 Å². The standard InChI is InChI=1S/C38H66O14P2/c1-4-5-6-7-15-20-25-34(39)26-21-16-10-8-9-11-17-22-27-37(41)48-31-36(52-38(42)28-23-18-13-12-14-19-24-33(2)3)32-51-54(46,47)50-30-35(40)29-49-53(43,44)45/h5-6,9-11,15-16,20-21,26,33-36,39-40H,4,7-8,12-14,17-19,22-25,27-32H2,1-3H3,(H,46,47)(H2,43,44,45)/b6-5-,11-9-,16-10-,20-15-,26-21+/t34?,35-,36+/m0/s1. The maximum Gasteiger partial charge on any atom is 0.472 e. The molecule has 0 bridgehead atoms. The zero-order chi connectivity index (χ0) is 40.5. The van der Waals surface area contributed by atoms with Crippen LogP contribution in [0.3, 0.4) is 0 Å². The number of aliphatic hydroxyl groups excluding tert-OH is 2. The number of ether oxygens (including phenoxy) is 2. The number of hydrogen-bond acceptors (Lipinski definition) is 11. The Labute approximate surface area is 322 Å². The minimum absolute atomic E-state index is 0.0824. The molecular weight excluding hydrogens is 742 g/mol. The molecule has 16 heteroatoms. The first-order valence-electron chi connectivity index (χ1n) is 18.9. The molecule has 0 aliphatic carbocycles. The molecule has 312 valence electrons. The minimum Gasteiger partial charge on any atom is -0.462 e. The summed E-state index contributed by atoms with van der Waals surface area (Å²) in [6.45, 7) is 3.64. The Bertz CT molecular complexity index is 1220. The Morgan fingerprint density at radius 1 is 0.667 bits per heavy atom. The molecule has 0 spiro atoms. The van der Waals surface area contributed by atoms with Crippen LogP contribution >= 0.6 is 15.6 Å². The monoisotopic (exact) mass is 808 g/mol. The molecule has 0 aromatic carbocycles. The molecule has 5 N–H and O–H groups in total. The Kier molecular flexibility index (Phi) is 31.6. The van der Waals surface area contributed by atoms with Gasteiger partial charge in [-0.3, -0.25) is 23.2 Å². The van der Waals surface area contributed by atoms with Gasteiger partial charge in [-0.2, -0.15) is 0 Å². The van der Waals surface area contributed by atoms with E-state index in [1.54, 1.807) is 12.2 Å². The van der Waals surface area contributed by atoms with Gasteiger partial charge in [0.2, 0.25) is 0 Å². The molecule has 0 fully saturated rings. The number of unbranched alkanes of at least 4 members (excludes halogenated alkanes) is 6. The Morgan fingerprint density at radius 2 is 1.28 bits per heavy atom.